The van der Waals surface area contributed by atoms with Crippen LogP contribution < -0.4 is 4.90 Å². The monoisotopic (exact) mass is 324 g/mol. The summed E-state index contributed by atoms with van der Waals surface area (Å²) in [6.45, 7) is 1.02. The van der Waals surface area contributed by atoms with Crippen molar-refractivity contribution in [2.75, 3.05) is 37.6 Å². The standard InChI is InChI=1S/C10H12BrF3N4/c11-8-5-9(16-7-15-8)18-3-1-17(2-4-18)6-10(12,13)14/h5,7H,1-4,6H2. The third-order valence-electron chi connectivity index (χ3n) is 2.72. The highest BCUT2D eigenvalue weighted by Crippen LogP contribution is 2.20. The maximum absolute atomic E-state index is 12.2. The molecule has 1 aromatic heterocycles. The third-order valence-corrected chi connectivity index (χ3v) is 3.15. The van der Waals surface area contributed by atoms with Crippen molar-refractivity contribution >= 4 is 21.7 Å². The summed E-state index contributed by atoms with van der Waals surface area (Å²) >= 11 is 3.24. The normalized spacial score (nSPS) is 18.1. The predicted octanol–water partition coefficient (Wildman–Crippen LogP) is 1.92. The zero-order chi connectivity index (χ0) is 13.2. The van der Waals surface area contributed by atoms with E-state index in [4.69, 9.17) is 0 Å². The van der Waals surface area contributed by atoms with Crippen LogP contribution in [-0.2, 0) is 0 Å². The largest absolute Gasteiger partial charge is 0.401 e. The van der Waals surface area contributed by atoms with E-state index in [-0.39, 0.29) is 0 Å². The van der Waals surface area contributed by atoms with Crippen LogP contribution in [0.1, 0.15) is 0 Å². The Morgan fingerprint density at radius 1 is 1.17 bits per heavy atom. The first-order valence-electron chi connectivity index (χ1n) is 5.46. The molecule has 0 spiro atoms. The van der Waals surface area contributed by atoms with Crippen LogP contribution in [0.2, 0.25) is 0 Å². The number of aromatic nitrogens is 2. The molecular weight excluding hydrogens is 313 g/mol. The first kappa shape index (κ1) is 13.5. The van der Waals surface area contributed by atoms with Crippen LogP contribution in [0.3, 0.4) is 0 Å². The molecule has 0 atom stereocenters. The molecule has 100 valence electrons. The fourth-order valence-corrected chi connectivity index (χ4v) is 2.18. The van der Waals surface area contributed by atoms with Crippen molar-refractivity contribution in [3.8, 4) is 0 Å². The van der Waals surface area contributed by atoms with E-state index in [2.05, 4.69) is 25.9 Å². The van der Waals surface area contributed by atoms with Crippen LogP contribution in [0.4, 0.5) is 19.0 Å². The van der Waals surface area contributed by atoms with Gasteiger partial charge in [-0.05, 0) is 15.9 Å². The van der Waals surface area contributed by atoms with Gasteiger partial charge in [-0.25, -0.2) is 9.97 Å². The molecular formula is C10H12BrF3N4. The average molecular weight is 325 g/mol. The molecule has 4 nitrogen and oxygen atoms in total. The summed E-state index contributed by atoms with van der Waals surface area (Å²) in [5.74, 6) is 0.739. The van der Waals surface area contributed by atoms with Crippen molar-refractivity contribution < 1.29 is 13.2 Å². The van der Waals surface area contributed by atoms with Crippen LogP contribution in [0.25, 0.3) is 0 Å². The predicted molar refractivity (Wildman–Crippen MR) is 64.4 cm³/mol. The Labute approximate surface area is 111 Å². The van der Waals surface area contributed by atoms with Gasteiger partial charge in [-0.1, -0.05) is 0 Å². The molecule has 0 bridgehead atoms. The topological polar surface area (TPSA) is 32.3 Å². The van der Waals surface area contributed by atoms with Gasteiger partial charge in [0.1, 0.15) is 16.7 Å². The van der Waals surface area contributed by atoms with Gasteiger partial charge in [0.05, 0.1) is 6.54 Å². The molecule has 0 amide bonds. The molecule has 1 fully saturated rings. The Hall–Kier alpha value is -0.890. The van der Waals surface area contributed by atoms with Crippen LogP contribution in [0.5, 0.6) is 0 Å². The minimum atomic E-state index is -4.12. The smallest absolute Gasteiger partial charge is 0.354 e. The number of rotatable bonds is 2. The van der Waals surface area contributed by atoms with E-state index < -0.39 is 12.7 Å². The highest BCUT2D eigenvalue weighted by Gasteiger charge is 2.32. The molecule has 1 aliphatic rings. The molecule has 1 aliphatic heterocycles. The molecule has 2 rings (SSSR count). The summed E-state index contributed by atoms with van der Waals surface area (Å²) in [4.78, 5) is 11.4. The lowest BCUT2D eigenvalue weighted by Gasteiger charge is -2.35. The van der Waals surface area contributed by atoms with E-state index in [1.54, 1.807) is 6.07 Å². The van der Waals surface area contributed by atoms with Crippen LogP contribution in [-0.4, -0.2) is 53.8 Å². The number of halogens is 4. The summed E-state index contributed by atoms with van der Waals surface area (Å²) < 4.78 is 37.4. The van der Waals surface area contributed by atoms with Gasteiger partial charge < -0.3 is 4.90 Å². The van der Waals surface area contributed by atoms with Gasteiger partial charge in [-0.15, -0.1) is 0 Å². The lowest BCUT2D eigenvalue weighted by Crippen LogP contribution is -2.49. The van der Waals surface area contributed by atoms with Crippen molar-refractivity contribution in [2.24, 2.45) is 0 Å². The molecule has 0 N–H and O–H groups in total. The van der Waals surface area contributed by atoms with Crippen LogP contribution in [0, 0.1) is 0 Å². The molecule has 8 heteroatoms. The number of alkyl halides is 3. The summed E-state index contributed by atoms with van der Waals surface area (Å²) in [6, 6.07) is 1.76. The fraction of sp³-hybridized carbons (Fsp3) is 0.600. The lowest BCUT2D eigenvalue weighted by molar-refractivity contribution is -0.146. The van der Waals surface area contributed by atoms with Gasteiger partial charge in [0.15, 0.2) is 0 Å². The lowest BCUT2D eigenvalue weighted by atomic mass is 10.3. The molecule has 0 unspecified atom stereocenters. The number of anilines is 1. The van der Waals surface area contributed by atoms with Crippen LogP contribution in [0.15, 0.2) is 17.0 Å². The van der Waals surface area contributed by atoms with Crippen molar-refractivity contribution in [3.63, 3.8) is 0 Å². The fourth-order valence-electron chi connectivity index (χ4n) is 1.89. The van der Waals surface area contributed by atoms with Gasteiger partial charge in [0.25, 0.3) is 0 Å². The van der Waals surface area contributed by atoms with Crippen molar-refractivity contribution in [1.82, 2.24) is 14.9 Å². The van der Waals surface area contributed by atoms with E-state index in [9.17, 15) is 13.2 Å². The molecule has 2 heterocycles. The summed E-state index contributed by atoms with van der Waals surface area (Å²) in [5, 5.41) is 0. The number of hydrogen-bond acceptors (Lipinski definition) is 4. The van der Waals surface area contributed by atoms with E-state index >= 15 is 0 Å². The SMILES string of the molecule is FC(F)(F)CN1CCN(c2cc(Br)ncn2)CC1. The molecule has 1 aromatic rings. The third kappa shape index (κ3) is 3.81. The second-order valence-corrected chi connectivity index (χ2v) is 4.89. The molecule has 0 saturated carbocycles. The first-order valence-corrected chi connectivity index (χ1v) is 6.25. The average Bonchev–Trinajstić information content (AvgIpc) is 2.28. The van der Waals surface area contributed by atoms with Crippen LogP contribution >= 0.6 is 15.9 Å². The first-order chi connectivity index (χ1) is 8.44. The highest BCUT2D eigenvalue weighted by molar-refractivity contribution is 9.10. The molecule has 0 aromatic carbocycles. The van der Waals surface area contributed by atoms with Gasteiger partial charge in [-0.2, -0.15) is 13.2 Å². The Bertz CT molecular complexity index is 404. The van der Waals surface area contributed by atoms with E-state index in [1.165, 1.54) is 11.2 Å². The number of hydrogen-bond donors (Lipinski definition) is 0. The van der Waals surface area contributed by atoms with Gasteiger partial charge >= 0.3 is 6.18 Å². The molecule has 0 radical (unpaired) electrons. The van der Waals surface area contributed by atoms with Crippen molar-refractivity contribution in [2.45, 2.75) is 6.18 Å². The number of piperazine rings is 1. The Morgan fingerprint density at radius 3 is 2.39 bits per heavy atom. The minimum absolute atomic E-state index is 0.390. The number of nitrogens with zero attached hydrogens (tertiary/aromatic N) is 4. The maximum atomic E-state index is 12.2. The summed E-state index contributed by atoms with van der Waals surface area (Å²) in [6.07, 6.45) is -2.69. The second kappa shape index (κ2) is 5.40. The van der Waals surface area contributed by atoms with Crippen molar-refractivity contribution in [3.05, 3.63) is 17.0 Å². The Kier molecular flexibility index (Phi) is 4.06. The van der Waals surface area contributed by atoms with E-state index in [0.29, 0.717) is 30.8 Å². The highest BCUT2D eigenvalue weighted by atomic mass is 79.9. The quantitative estimate of drug-likeness (QED) is 0.778. The van der Waals surface area contributed by atoms with Gasteiger partial charge in [0, 0.05) is 32.2 Å². The zero-order valence-corrected chi connectivity index (χ0v) is 11.1. The minimum Gasteiger partial charge on any atom is -0.354 e. The zero-order valence-electron chi connectivity index (χ0n) is 9.49. The Balaban J connectivity index is 1.91. The van der Waals surface area contributed by atoms with E-state index in [0.717, 1.165) is 5.82 Å². The van der Waals surface area contributed by atoms with Crippen molar-refractivity contribution in [1.29, 1.82) is 0 Å². The molecule has 18 heavy (non-hydrogen) atoms. The Morgan fingerprint density at radius 2 is 1.83 bits per heavy atom. The van der Waals surface area contributed by atoms with E-state index in [1.807, 2.05) is 4.90 Å². The maximum Gasteiger partial charge on any atom is 0.401 e. The summed E-state index contributed by atoms with van der Waals surface area (Å²) in [7, 11) is 0. The second-order valence-electron chi connectivity index (χ2n) is 4.08. The van der Waals surface area contributed by atoms with Gasteiger partial charge in [0.2, 0.25) is 0 Å². The summed E-state index contributed by atoms with van der Waals surface area (Å²) in [5.41, 5.74) is 0. The molecule has 1 saturated heterocycles. The van der Waals surface area contributed by atoms with Gasteiger partial charge in [-0.3, -0.25) is 4.90 Å². The molecule has 0 aliphatic carbocycles.